The molecular formula is C21H21F3N4O5. The van der Waals surface area contributed by atoms with Crippen molar-refractivity contribution >= 4 is 17.3 Å². The molecule has 1 heterocycles. The van der Waals surface area contributed by atoms with Gasteiger partial charge in [0, 0.05) is 12.1 Å². The van der Waals surface area contributed by atoms with Gasteiger partial charge in [-0.25, -0.2) is 23.1 Å². The number of rotatable bonds is 8. The number of hydrogen-bond acceptors (Lipinski definition) is 8. The fourth-order valence-corrected chi connectivity index (χ4v) is 2.57. The fraction of sp³-hybridized carbons (Fsp3) is 0.238. The number of nitrogens with zero attached hydrogens (tertiary/aromatic N) is 3. The molecule has 0 atom stereocenters. The molecule has 12 heteroatoms. The van der Waals surface area contributed by atoms with Crippen LogP contribution in [0.1, 0.15) is 19.4 Å². The van der Waals surface area contributed by atoms with E-state index in [-0.39, 0.29) is 23.2 Å². The Bertz CT molecular complexity index is 1090. The van der Waals surface area contributed by atoms with Gasteiger partial charge in [-0.05, 0) is 6.07 Å². The van der Waals surface area contributed by atoms with Gasteiger partial charge in [-0.15, -0.1) is 0 Å². The maximum Gasteiger partial charge on any atom is 0.295 e. The molecule has 33 heavy (non-hydrogen) atoms. The number of nitro benzene ring substituents is 1. The average Bonchev–Trinajstić information content (AvgIpc) is 2.82. The Hall–Kier alpha value is -4.09. The molecule has 0 bridgehead atoms. The van der Waals surface area contributed by atoms with Crippen molar-refractivity contribution in [2.45, 2.75) is 20.5 Å². The van der Waals surface area contributed by atoms with Crippen LogP contribution >= 0.6 is 0 Å². The first-order valence-corrected chi connectivity index (χ1v) is 9.59. The zero-order chi connectivity index (χ0) is 24.5. The van der Waals surface area contributed by atoms with Gasteiger partial charge >= 0.3 is 0 Å². The highest BCUT2D eigenvalue weighted by molar-refractivity contribution is 5.67. The lowest BCUT2D eigenvalue weighted by atomic mass is 10.1. The largest absolute Gasteiger partial charge is 0.494 e. The number of nitrogens with one attached hydrogen (secondary N) is 1. The van der Waals surface area contributed by atoms with Gasteiger partial charge in [-0.3, -0.25) is 10.1 Å². The Labute approximate surface area is 187 Å². The molecule has 3 aromatic rings. The second kappa shape index (κ2) is 11.5. The first-order valence-electron chi connectivity index (χ1n) is 9.59. The number of methoxy groups -OCH3 is 2. The highest BCUT2D eigenvalue weighted by atomic mass is 19.1. The topological polar surface area (TPSA) is 109 Å². The summed E-state index contributed by atoms with van der Waals surface area (Å²) < 4.78 is 57.7. The number of nitro groups is 1. The van der Waals surface area contributed by atoms with E-state index in [1.165, 1.54) is 20.3 Å². The van der Waals surface area contributed by atoms with Crippen LogP contribution in [0, 0.1) is 27.6 Å². The molecule has 0 aliphatic heterocycles. The molecule has 0 fully saturated rings. The number of halogens is 3. The second-order valence-corrected chi connectivity index (χ2v) is 5.93. The molecule has 1 N–H and O–H groups in total. The fourth-order valence-electron chi connectivity index (χ4n) is 2.57. The molecule has 176 valence electrons. The first-order chi connectivity index (χ1) is 15.8. The van der Waals surface area contributed by atoms with Crippen molar-refractivity contribution in [2.24, 2.45) is 0 Å². The Morgan fingerprint density at radius 2 is 1.61 bits per heavy atom. The van der Waals surface area contributed by atoms with E-state index >= 15 is 0 Å². The summed E-state index contributed by atoms with van der Waals surface area (Å²) in [5.41, 5.74) is -1.34. The molecule has 0 spiro atoms. The second-order valence-electron chi connectivity index (χ2n) is 5.93. The van der Waals surface area contributed by atoms with E-state index in [2.05, 4.69) is 15.3 Å². The predicted molar refractivity (Wildman–Crippen MR) is 114 cm³/mol. The quantitative estimate of drug-likeness (QED) is 0.358. The van der Waals surface area contributed by atoms with Crippen LogP contribution in [-0.2, 0) is 6.61 Å². The SMILES string of the molecule is CC.COc1cc(OC)c(F)c(COc2cnc(Nc3c(F)cccc3[N+](=O)[O-])nc2)c1F. The monoisotopic (exact) mass is 466 g/mol. The normalized spacial score (nSPS) is 10.0. The summed E-state index contributed by atoms with van der Waals surface area (Å²) in [5.74, 6) is -3.33. The molecule has 0 saturated heterocycles. The van der Waals surface area contributed by atoms with Crippen molar-refractivity contribution in [1.29, 1.82) is 0 Å². The molecule has 3 rings (SSSR count). The Morgan fingerprint density at radius 3 is 2.12 bits per heavy atom. The molecule has 0 saturated carbocycles. The van der Waals surface area contributed by atoms with Crippen molar-refractivity contribution < 1.29 is 32.3 Å². The van der Waals surface area contributed by atoms with Gasteiger partial charge in [0.15, 0.2) is 40.4 Å². The minimum absolute atomic E-state index is 0.0363. The van der Waals surface area contributed by atoms with Crippen molar-refractivity contribution in [3.63, 3.8) is 0 Å². The van der Waals surface area contributed by atoms with E-state index < -0.39 is 45.9 Å². The summed E-state index contributed by atoms with van der Waals surface area (Å²) in [5, 5.41) is 13.5. The zero-order valence-corrected chi connectivity index (χ0v) is 18.2. The number of hydrogen-bond donors (Lipinski definition) is 1. The van der Waals surface area contributed by atoms with Crippen LogP contribution in [0.25, 0.3) is 0 Å². The molecule has 1 aromatic heterocycles. The van der Waals surface area contributed by atoms with Gasteiger partial charge in [-0.1, -0.05) is 19.9 Å². The third-order valence-corrected chi connectivity index (χ3v) is 4.10. The first kappa shape index (κ1) is 25.2. The van der Waals surface area contributed by atoms with Crippen LogP contribution in [0.4, 0.5) is 30.5 Å². The van der Waals surface area contributed by atoms with Gasteiger partial charge in [0.2, 0.25) is 5.95 Å². The minimum Gasteiger partial charge on any atom is -0.494 e. The smallest absolute Gasteiger partial charge is 0.295 e. The summed E-state index contributed by atoms with van der Waals surface area (Å²) in [7, 11) is 2.44. The number of ether oxygens (including phenoxy) is 3. The van der Waals surface area contributed by atoms with E-state index in [1.807, 2.05) is 13.8 Å². The molecule has 0 aliphatic rings. The standard InChI is InChI=1S/C19H15F3N4O5.C2H6/c1-29-14-6-15(30-2)17(22)11(16(14)21)9-31-10-7-23-19(24-8-10)25-18-12(20)4-3-5-13(18)26(27)28;1-2/h3-8H,9H2,1-2H3,(H,23,24,25);1-2H3. The minimum atomic E-state index is -0.952. The van der Waals surface area contributed by atoms with Crippen LogP contribution in [0.2, 0.25) is 0 Å². The molecular weight excluding hydrogens is 445 g/mol. The average molecular weight is 466 g/mol. The van der Waals surface area contributed by atoms with Crippen molar-refractivity contribution in [1.82, 2.24) is 9.97 Å². The van der Waals surface area contributed by atoms with Gasteiger partial charge in [0.1, 0.15) is 6.61 Å². The maximum absolute atomic E-state index is 14.4. The molecule has 0 aliphatic carbocycles. The molecule has 0 radical (unpaired) electrons. The van der Waals surface area contributed by atoms with Crippen molar-refractivity contribution in [3.8, 4) is 17.2 Å². The van der Waals surface area contributed by atoms with E-state index in [0.717, 1.165) is 30.6 Å². The summed E-state index contributed by atoms with van der Waals surface area (Å²) >= 11 is 0. The Balaban J connectivity index is 0.00000187. The van der Waals surface area contributed by atoms with Gasteiger partial charge in [0.25, 0.3) is 5.69 Å². The number of para-hydroxylation sites is 1. The maximum atomic E-state index is 14.4. The van der Waals surface area contributed by atoms with Crippen LogP contribution in [0.5, 0.6) is 17.2 Å². The lowest BCUT2D eigenvalue weighted by molar-refractivity contribution is -0.384. The third-order valence-electron chi connectivity index (χ3n) is 4.10. The van der Waals surface area contributed by atoms with Crippen LogP contribution in [-0.4, -0.2) is 29.1 Å². The van der Waals surface area contributed by atoms with Gasteiger partial charge < -0.3 is 19.5 Å². The third kappa shape index (κ3) is 5.79. The molecule has 0 unspecified atom stereocenters. The summed E-state index contributed by atoms with van der Waals surface area (Å²) in [6.07, 6.45) is 2.30. The lowest BCUT2D eigenvalue weighted by Crippen LogP contribution is -2.07. The molecule has 2 aromatic carbocycles. The molecule has 0 amide bonds. The van der Waals surface area contributed by atoms with E-state index in [0.29, 0.717) is 0 Å². The number of benzene rings is 2. The number of aromatic nitrogens is 2. The van der Waals surface area contributed by atoms with E-state index in [9.17, 15) is 23.3 Å². The highest BCUT2D eigenvalue weighted by Gasteiger charge is 2.21. The highest BCUT2D eigenvalue weighted by Crippen LogP contribution is 2.32. The van der Waals surface area contributed by atoms with Gasteiger partial charge in [-0.2, -0.15) is 0 Å². The van der Waals surface area contributed by atoms with Crippen LogP contribution in [0.3, 0.4) is 0 Å². The summed E-state index contributed by atoms with van der Waals surface area (Å²) in [4.78, 5) is 18.0. The van der Waals surface area contributed by atoms with E-state index in [1.54, 1.807) is 0 Å². The number of anilines is 2. The summed E-state index contributed by atoms with van der Waals surface area (Å²) in [6.45, 7) is 3.47. The summed E-state index contributed by atoms with van der Waals surface area (Å²) in [6, 6.07) is 4.43. The van der Waals surface area contributed by atoms with Crippen LogP contribution < -0.4 is 19.5 Å². The lowest BCUT2D eigenvalue weighted by Gasteiger charge is -2.13. The Morgan fingerprint density at radius 1 is 1.03 bits per heavy atom. The van der Waals surface area contributed by atoms with Gasteiger partial charge in [0.05, 0.1) is 37.1 Å². The zero-order valence-electron chi connectivity index (χ0n) is 18.2. The van der Waals surface area contributed by atoms with Crippen molar-refractivity contribution in [3.05, 3.63) is 69.8 Å². The molecule has 9 nitrogen and oxygen atoms in total. The van der Waals surface area contributed by atoms with Crippen LogP contribution in [0.15, 0.2) is 36.7 Å². The Kier molecular flexibility index (Phi) is 8.78. The van der Waals surface area contributed by atoms with Crippen molar-refractivity contribution in [2.75, 3.05) is 19.5 Å². The van der Waals surface area contributed by atoms with E-state index in [4.69, 9.17) is 14.2 Å². The predicted octanol–water partition coefficient (Wildman–Crippen LogP) is 5.17.